The Morgan fingerprint density at radius 3 is 1.75 bits per heavy atom. The SMILES string of the molecule is c1ccc2cc(-c3csc4c3ccc3oc5c(-c6c7ccccc7c(-c7ccc8oc9ccc%10ccccc%10c9c8c7)c7ccccc67)cccc5c34)ccc2c1. The minimum Gasteiger partial charge on any atom is -0.456 e. The number of benzene rings is 10. The fourth-order valence-corrected chi connectivity index (χ4v) is 10.7. The lowest BCUT2D eigenvalue weighted by Gasteiger charge is -2.18. The molecule has 0 N–H and O–H groups in total. The Hall–Kier alpha value is -7.20. The van der Waals surface area contributed by atoms with Crippen molar-refractivity contribution in [3.8, 4) is 33.4 Å². The van der Waals surface area contributed by atoms with Crippen molar-refractivity contribution in [3.05, 3.63) is 181 Å². The molecule has 0 fully saturated rings. The fourth-order valence-electron chi connectivity index (χ4n) is 9.58. The molecule has 3 heterocycles. The third-order valence-electron chi connectivity index (χ3n) is 12.1. The van der Waals surface area contributed by atoms with Crippen molar-refractivity contribution < 1.29 is 8.83 Å². The molecule has 0 aliphatic rings. The highest BCUT2D eigenvalue weighted by Crippen LogP contribution is 2.49. The van der Waals surface area contributed by atoms with Crippen LogP contribution in [0.4, 0.5) is 0 Å². The Balaban J connectivity index is 1.05. The van der Waals surface area contributed by atoms with Crippen molar-refractivity contribution in [2.45, 2.75) is 0 Å². The molecule has 0 aliphatic heterocycles. The van der Waals surface area contributed by atoms with Gasteiger partial charge in [0, 0.05) is 48.3 Å². The second-order valence-corrected chi connectivity index (χ2v) is 16.0. The van der Waals surface area contributed by atoms with Crippen LogP contribution in [0.3, 0.4) is 0 Å². The van der Waals surface area contributed by atoms with E-state index < -0.39 is 0 Å². The van der Waals surface area contributed by atoms with E-state index in [4.69, 9.17) is 8.83 Å². The number of rotatable bonds is 3. The van der Waals surface area contributed by atoms with Gasteiger partial charge in [0.2, 0.25) is 0 Å². The molecule has 13 aromatic rings. The van der Waals surface area contributed by atoms with Gasteiger partial charge >= 0.3 is 0 Å². The van der Waals surface area contributed by atoms with Crippen LogP contribution >= 0.6 is 11.3 Å². The van der Waals surface area contributed by atoms with Crippen LogP contribution in [0.1, 0.15) is 0 Å². The highest BCUT2D eigenvalue weighted by molar-refractivity contribution is 7.19. The molecule has 3 heteroatoms. The van der Waals surface area contributed by atoms with Crippen LogP contribution in [0.2, 0.25) is 0 Å². The van der Waals surface area contributed by atoms with E-state index in [-0.39, 0.29) is 0 Å². The third kappa shape index (κ3) is 4.40. The first-order valence-corrected chi connectivity index (χ1v) is 20.3. The number of thiophene rings is 1. The summed E-state index contributed by atoms with van der Waals surface area (Å²) in [5.41, 5.74) is 10.8. The van der Waals surface area contributed by atoms with Gasteiger partial charge in [-0.3, -0.25) is 0 Å². The zero-order chi connectivity index (χ0) is 37.2. The van der Waals surface area contributed by atoms with Gasteiger partial charge < -0.3 is 8.83 Å². The minimum atomic E-state index is 0.899. The summed E-state index contributed by atoms with van der Waals surface area (Å²) < 4.78 is 14.6. The zero-order valence-electron chi connectivity index (χ0n) is 30.5. The van der Waals surface area contributed by atoms with Crippen LogP contribution in [0.5, 0.6) is 0 Å². The molecule has 3 aromatic heterocycles. The molecule has 0 aliphatic carbocycles. The Morgan fingerprint density at radius 2 is 0.947 bits per heavy atom. The van der Waals surface area contributed by atoms with Gasteiger partial charge in [0.1, 0.15) is 22.3 Å². The Morgan fingerprint density at radius 1 is 0.333 bits per heavy atom. The fraction of sp³-hybridized carbons (Fsp3) is 0. The average Bonchev–Trinajstić information content (AvgIpc) is 3.99. The summed E-state index contributed by atoms with van der Waals surface area (Å²) in [7, 11) is 0. The summed E-state index contributed by atoms with van der Waals surface area (Å²) in [5.74, 6) is 0. The second-order valence-electron chi connectivity index (χ2n) is 15.1. The van der Waals surface area contributed by atoms with Crippen molar-refractivity contribution in [2.24, 2.45) is 0 Å². The molecular weight excluding hydrogens is 713 g/mol. The van der Waals surface area contributed by atoms with Crippen LogP contribution in [-0.4, -0.2) is 0 Å². The molecule has 0 amide bonds. The van der Waals surface area contributed by atoms with Gasteiger partial charge in [0.15, 0.2) is 0 Å². The van der Waals surface area contributed by atoms with Gasteiger partial charge in [-0.05, 0) is 102 Å². The van der Waals surface area contributed by atoms with Crippen molar-refractivity contribution >= 4 is 108 Å². The molecule has 57 heavy (non-hydrogen) atoms. The Labute approximate surface area is 330 Å². The number of para-hydroxylation sites is 1. The molecule has 0 saturated carbocycles. The molecule has 0 bridgehead atoms. The summed E-state index contributed by atoms with van der Waals surface area (Å²) in [6, 6.07) is 63.7. The monoisotopic (exact) mass is 742 g/mol. The molecule has 10 aromatic carbocycles. The standard InChI is InChI=1S/C54H30O2S/c1-2-12-33-28-34(21-20-31(33)10-1)45-30-57-54-41(45)24-27-48-52(54)43-19-9-18-42(53(43)56-48)50-39-16-7-5-14-37(39)49(38-15-6-8-17-40(38)50)35-23-25-46-44(29-35)51-36-13-4-3-11-32(36)22-26-47(51)55-46/h1-30H. The van der Waals surface area contributed by atoms with Gasteiger partial charge in [0.25, 0.3) is 0 Å². The normalized spacial score (nSPS) is 12.2. The maximum absolute atomic E-state index is 6.94. The molecule has 2 nitrogen and oxygen atoms in total. The van der Waals surface area contributed by atoms with E-state index in [1.807, 2.05) is 0 Å². The molecule has 0 radical (unpaired) electrons. The zero-order valence-corrected chi connectivity index (χ0v) is 31.4. The quantitative estimate of drug-likeness (QED) is 0.169. The van der Waals surface area contributed by atoms with Crippen molar-refractivity contribution in [2.75, 3.05) is 0 Å². The third-order valence-corrected chi connectivity index (χ3v) is 13.1. The van der Waals surface area contributed by atoms with Crippen molar-refractivity contribution in [1.29, 1.82) is 0 Å². The Kier molecular flexibility index (Phi) is 6.35. The predicted octanol–water partition coefficient (Wildman–Crippen LogP) is 16.3. The average molecular weight is 743 g/mol. The van der Waals surface area contributed by atoms with Gasteiger partial charge in [-0.15, -0.1) is 11.3 Å². The number of hydrogen-bond donors (Lipinski definition) is 0. The first-order chi connectivity index (χ1) is 28.3. The summed E-state index contributed by atoms with van der Waals surface area (Å²) >= 11 is 1.81. The van der Waals surface area contributed by atoms with Gasteiger partial charge in [0.05, 0.1) is 0 Å². The van der Waals surface area contributed by atoms with Gasteiger partial charge in [-0.25, -0.2) is 0 Å². The molecule has 264 valence electrons. The van der Waals surface area contributed by atoms with Crippen molar-refractivity contribution in [3.63, 3.8) is 0 Å². The highest BCUT2D eigenvalue weighted by atomic mass is 32.1. The Bertz CT molecular complexity index is 3760. The van der Waals surface area contributed by atoms with E-state index in [9.17, 15) is 0 Å². The number of furan rings is 2. The lowest BCUT2D eigenvalue weighted by atomic mass is 9.85. The molecule has 0 atom stereocenters. The summed E-state index contributed by atoms with van der Waals surface area (Å²) in [6.45, 7) is 0. The summed E-state index contributed by atoms with van der Waals surface area (Å²) in [6.07, 6.45) is 0. The van der Waals surface area contributed by atoms with Crippen LogP contribution in [0.25, 0.3) is 130 Å². The van der Waals surface area contributed by atoms with E-state index in [1.54, 1.807) is 11.3 Å². The maximum atomic E-state index is 6.94. The van der Waals surface area contributed by atoms with E-state index in [1.165, 1.54) is 86.4 Å². The van der Waals surface area contributed by atoms with Crippen LogP contribution in [0, 0.1) is 0 Å². The molecule has 0 saturated heterocycles. The summed E-state index contributed by atoms with van der Waals surface area (Å²) in [4.78, 5) is 0. The van der Waals surface area contributed by atoms with E-state index >= 15 is 0 Å². The van der Waals surface area contributed by atoms with Gasteiger partial charge in [-0.2, -0.15) is 0 Å². The van der Waals surface area contributed by atoms with Gasteiger partial charge in [-0.1, -0.05) is 140 Å². The van der Waals surface area contributed by atoms with E-state index in [0.29, 0.717) is 0 Å². The number of fused-ring (bicyclic) bond motifs is 13. The van der Waals surface area contributed by atoms with Crippen LogP contribution in [-0.2, 0) is 0 Å². The predicted molar refractivity (Wildman–Crippen MR) is 243 cm³/mol. The topological polar surface area (TPSA) is 26.3 Å². The number of hydrogen-bond acceptors (Lipinski definition) is 3. The van der Waals surface area contributed by atoms with Crippen molar-refractivity contribution in [1.82, 2.24) is 0 Å². The molecule has 0 spiro atoms. The van der Waals surface area contributed by atoms with Crippen LogP contribution < -0.4 is 0 Å². The maximum Gasteiger partial charge on any atom is 0.143 e. The largest absolute Gasteiger partial charge is 0.456 e. The molecular formula is C54H30O2S. The van der Waals surface area contributed by atoms with E-state index in [2.05, 4.69) is 181 Å². The van der Waals surface area contributed by atoms with Crippen LogP contribution in [0.15, 0.2) is 190 Å². The lowest BCUT2D eigenvalue weighted by Crippen LogP contribution is -1.91. The van der Waals surface area contributed by atoms with E-state index in [0.717, 1.165) is 44.1 Å². The lowest BCUT2D eigenvalue weighted by molar-refractivity contribution is 0.669. The minimum absolute atomic E-state index is 0.899. The first kappa shape index (κ1) is 31.1. The highest BCUT2D eigenvalue weighted by Gasteiger charge is 2.22. The molecule has 0 unspecified atom stereocenters. The first-order valence-electron chi connectivity index (χ1n) is 19.4. The second kappa shape index (κ2) is 11.7. The smallest absolute Gasteiger partial charge is 0.143 e. The molecule has 13 rings (SSSR count). The summed E-state index contributed by atoms with van der Waals surface area (Å²) in [5, 5.41) is 17.9.